The maximum absolute atomic E-state index is 13.2. The van der Waals surface area contributed by atoms with Crippen LogP contribution in [0.5, 0.6) is 0 Å². The topological polar surface area (TPSA) is 71.8 Å². The Morgan fingerprint density at radius 3 is 2.24 bits per heavy atom. The number of nitrogens with zero attached hydrogens (tertiary/aromatic N) is 2. The lowest BCUT2D eigenvalue weighted by atomic mass is 9.80. The molecular formula is C28H32N2O4. The highest BCUT2D eigenvalue weighted by atomic mass is 16.6. The van der Waals surface area contributed by atoms with Gasteiger partial charge in [0.2, 0.25) is 5.56 Å². The average molecular weight is 461 g/mol. The van der Waals surface area contributed by atoms with Gasteiger partial charge in [0.05, 0.1) is 11.6 Å². The normalized spacial score (nSPS) is 19.6. The minimum Gasteiger partial charge on any atom is -0.438 e. The Morgan fingerprint density at radius 2 is 1.65 bits per heavy atom. The number of pyridine rings is 1. The minimum atomic E-state index is -0.985. The molecule has 0 radical (unpaired) electrons. The zero-order valence-corrected chi connectivity index (χ0v) is 20.2. The number of rotatable bonds is 6. The van der Waals surface area contributed by atoms with Crippen molar-refractivity contribution in [1.29, 1.82) is 0 Å². The number of benzene rings is 2. The second-order valence-corrected chi connectivity index (χ2v) is 9.83. The Kier molecular flexibility index (Phi) is 6.36. The first-order valence-corrected chi connectivity index (χ1v) is 11.6. The molecule has 1 aromatic heterocycles. The predicted molar refractivity (Wildman–Crippen MR) is 132 cm³/mol. The van der Waals surface area contributed by atoms with E-state index < -0.39 is 11.2 Å². The van der Waals surface area contributed by atoms with E-state index in [1.165, 1.54) is 0 Å². The van der Waals surface area contributed by atoms with Crippen LogP contribution in [0.25, 0.3) is 11.1 Å². The van der Waals surface area contributed by atoms with Crippen molar-refractivity contribution in [3.63, 3.8) is 0 Å². The van der Waals surface area contributed by atoms with Crippen LogP contribution in [-0.4, -0.2) is 32.8 Å². The molecule has 6 nitrogen and oxygen atoms in total. The fourth-order valence-corrected chi connectivity index (χ4v) is 4.79. The quantitative estimate of drug-likeness (QED) is 0.561. The van der Waals surface area contributed by atoms with Crippen molar-refractivity contribution in [3.8, 4) is 11.1 Å². The Balaban J connectivity index is 1.54. The monoisotopic (exact) mass is 460 g/mol. The van der Waals surface area contributed by atoms with Crippen LogP contribution < -0.4 is 5.56 Å². The van der Waals surface area contributed by atoms with Crippen LogP contribution in [0.1, 0.15) is 50.8 Å². The number of carbonyl (C=O) groups excluding carboxylic acids is 1. The van der Waals surface area contributed by atoms with Crippen LogP contribution >= 0.6 is 0 Å². The summed E-state index contributed by atoms with van der Waals surface area (Å²) < 4.78 is 7.66. The highest BCUT2D eigenvalue weighted by molar-refractivity contribution is 5.70. The third-order valence-corrected chi connectivity index (χ3v) is 6.57. The molecule has 1 unspecified atom stereocenters. The summed E-state index contributed by atoms with van der Waals surface area (Å²) in [5, 5.41) is 10.6. The first kappa shape index (κ1) is 23.8. The SMILES string of the molecule is CC(c1ccc(-c2ccc(=O)n(C)c2)cc1)N1CC[C@](CC(C)(C)O)(c2ccccc2)OC1=O. The van der Waals surface area contributed by atoms with Crippen molar-refractivity contribution in [2.24, 2.45) is 7.05 Å². The molecule has 1 aliphatic heterocycles. The van der Waals surface area contributed by atoms with Gasteiger partial charge in [0.15, 0.2) is 0 Å². The summed E-state index contributed by atoms with van der Waals surface area (Å²) in [6, 6.07) is 20.9. The summed E-state index contributed by atoms with van der Waals surface area (Å²) in [5.74, 6) is 0. The predicted octanol–water partition coefficient (Wildman–Crippen LogP) is 5.01. The first-order valence-electron chi connectivity index (χ1n) is 11.6. The highest BCUT2D eigenvalue weighted by Crippen LogP contribution is 2.42. The fourth-order valence-electron chi connectivity index (χ4n) is 4.79. The van der Waals surface area contributed by atoms with E-state index in [9.17, 15) is 14.7 Å². The van der Waals surface area contributed by atoms with Gasteiger partial charge >= 0.3 is 6.09 Å². The van der Waals surface area contributed by atoms with Gasteiger partial charge in [0, 0.05) is 38.7 Å². The molecule has 0 saturated carbocycles. The van der Waals surface area contributed by atoms with E-state index in [0.29, 0.717) is 19.4 Å². The largest absolute Gasteiger partial charge is 0.438 e. The van der Waals surface area contributed by atoms with Crippen LogP contribution in [-0.2, 0) is 17.4 Å². The third kappa shape index (κ3) is 4.92. The van der Waals surface area contributed by atoms with Crippen molar-refractivity contribution >= 4 is 6.09 Å². The molecule has 1 aliphatic rings. The van der Waals surface area contributed by atoms with E-state index in [2.05, 4.69) is 0 Å². The zero-order chi connectivity index (χ0) is 24.5. The van der Waals surface area contributed by atoms with Gasteiger partial charge < -0.3 is 19.3 Å². The Labute approximate surface area is 200 Å². The molecule has 1 amide bonds. The van der Waals surface area contributed by atoms with Gasteiger partial charge in [-0.25, -0.2) is 4.79 Å². The minimum absolute atomic E-state index is 0.0474. The summed E-state index contributed by atoms with van der Waals surface area (Å²) in [6.45, 7) is 6.00. The van der Waals surface area contributed by atoms with Crippen LogP contribution in [0.2, 0.25) is 0 Å². The van der Waals surface area contributed by atoms with E-state index in [4.69, 9.17) is 4.74 Å². The molecule has 2 atom stereocenters. The van der Waals surface area contributed by atoms with Gasteiger partial charge in [-0.15, -0.1) is 0 Å². The molecule has 0 aliphatic carbocycles. The summed E-state index contributed by atoms with van der Waals surface area (Å²) >= 11 is 0. The van der Waals surface area contributed by atoms with E-state index in [1.807, 2.05) is 73.8 Å². The molecule has 2 aromatic carbocycles. The number of carbonyl (C=O) groups is 1. The van der Waals surface area contributed by atoms with Gasteiger partial charge in [-0.05, 0) is 49.1 Å². The van der Waals surface area contributed by atoms with E-state index >= 15 is 0 Å². The number of hydrogen-bond acceptors (Lipinski definition) is 4. The molecule has 1 fully saturated rings. The smallest absolute Gasteiger partial charge is 0.411 e. The summed E-state index contributed by atoms with van der Waals surface area (Å²) in [7, 11) is 1.73. The van der Waals surface area contributed by atoms with Crippen LogP contribution in [0.3, 0.4) is 0 Å². The molecule has 0 bridgehead atoms. The van der Waals surface area contributed by atoms with Crippen LogP contribution in [0.15, 0.2) is 77.7 Å². The van der Waals surface area contributed by atoms with E-state index in [0.717, 1.165) is 22.3 Å². The number of hydrogen-bond donors (Lipinski definition) is 1. The maximum atomic E-state index is 13.2. The lowest BCUT2D eigenvalue weighted by Gasteiger charge is -2.45. The number of amides is 1. The van der Waals surface area contributed by atoms with Crippen LogP contribution in [0, 0.1) is 0 Å². The van der Waals surface area contributed by atoms with Crippen LogP contribution in [0.4, 0.5) is 4.79 Å². The molecule has 2 heterocycles. The van der Waals surface area contributed by atoms with Crippen molar-refractivity contribution in [2.75, 3.05) is 6.54 Å². The number of aryl methyl sites for hydroxylation is 1. The van der Waals surface area contributed by atoms with Gasteiger partial charge in [-0.3, -0.25) is 4.79 Å². The highest BCUT2D eigenvalue weighted by Gasteiger charge is 2.46. The molecule has 34 heavy (non-hydrogen) atoms. The van der Waals surface area contributed by atoms with Crippen molar-refractivity contribution < 1.29 is 14.6 Å². The summed E-state index contributed by atoms with van der Waals surface area (Å²) in [4.78, 5) is 26.6. The molecule has 0 spiro atoms. The zero-order valence-electron chi connectivity index (χ0n) is 20.2. The second kappa shape index (κ2) is 9.11. The molecule has 178 valence electrons. The van der Waals surface area contributed by atoms with Gasteiger partial charge in [-0.2, -0.15) is 0 Å². The fraction of sp³-hybridized carbons (Fsp3) is 0.357. The Hall–Kier alpha value is -3.38. The molecule has 1 saturated heterocycles. The number of aliphatic hydroxyl groups is 1. The van der Waals surface area contributed by atoms with Crippen molar-refractivity contribution in [2.45, 2.75) is 50.9 Å². The molecule has 3 aromatic rings. The lowest BCUT2D eigenvalue weighted by molar-refractivity contribution is -0.101. The van der Waals surface area contributed by atoms with Crippen molar-refractivity contribution in [1.82, 2.24) is 9.47 Å². The molecular weight excluding hydrogens is 428 g/mol. The third-order valence-electron chi connectivity index (χ3n) is 6.57. The number of aromatic nitrogens is 1. The lowest BCUT2D eigenvalue weighted by Crippen LogP contribution is -2.51. The summed E-state index contributed by atoms with van der Waals surface area (Å²) in [6.07, 6.45) is 2.35. The first-order chi connectivity index (χ1) is 16.1. The summed E-state index contributed by atoms with van der Waals surface area (Å²) in [5.41, 5.74) is 1.97. The van der Waals surface area contributed by atoms with Gasteiger partial charge in [0.25, 0.3) is 0 Å². The Bertz CT molecular complexity index is 1210. The molecule has 4 rings (SSSR count). The van der Waals surface area contributed by atoms with Crippen molar-refractivity contribution in [3.05, 3.63) is 94.4 Å². The standard InChI is InChI=1S/C28H32N2O4/c1-20(21-10-12-22(13-11-21)23-14-15-25(31)29(4)18-23)30-17-16-28(34-26(30)32,19-27(2,3)33)24-8-6-5-7-9-24/h5-15,18,20,33H,16-17,19H2,1-4H3/t20?,28-/m0/s1. The average Bonchev–Trinajstić information content (AvgIpc) is 2.80. The number of cyclic esters (lactones) is 1. The van der Waals surface area contributed by atoms with E-state index in [1.54, 1.807) is 36.4 Å². The number of ether oxygens (including phenoxy) is 1. The van der Waals surface area contributed by atoms with Gasteiger partial charge in [0.1, 0.15) is 5.60 Å². The second-order valence-electron chi connectivity index (χ2n) is 9.83. The molecule has 1 N–H and O–H groups in total. The van der Waals surface area contributed by atoms with E-state index in [-0.39, 0.29) is 17.7 Å². The molecule has 6 heteroatoms. The maximum Gasteiger partial charge on any atom is 0.411 e. The Morgan fingerprint density at radius 1 is 1.00 bits per heavy atom. The van der Waals surface area contributed by atoms with Gasteiger partial charge in [-0.1, -0.05) is 54.6 Å².